The first-order valence-corrected chi connectivity index (χ1v) is 6.94. The van der Waals surface area contributed by atoms with Gasteiger partial charge >= 0.3 is 0 Å². The van der Waals surface area contributed by atoms with Crippen LogP contribution in [-0.2, 0) is 6.54 Å². The van der Waals surface area contributed by atoms with Crippen molar-refractivity contribution in [3.8, 4) is 0 Å². The summed E-state index contributed by atoms with van der Waals surface area (Å²) in [6.07, 6.45) is 4.95. The van der Waals surface area contributed by atoms with E-state index < -0.39 is 0 Å². The highest BCUT2D eigenvalue weighted by molar-refractivity contribution is 9.10. The molecule has 16 heavy (non-hydrogen) atoms. The highest BCUT2D eigenvalue weighted by atomic mass is 79.9. The zero-order valence-corrected chi connectivity index (χ0v) is 11.5. The molecule has 2 aromatic rings. The normalized spacial score (nSPS) is 10.6. The van der Waals surface area contributed by atoms with Crippen LogP contribution in [0.4, 0.5) is 5.95 Å². The number of thiophene rings is 1. The van der Waals surface area contributed by atoms with Gasteiger partial charge in [0, 0.05) is 33.7 Å². The Hall–Kier alpha value is -0.810. The molecule has 0 fully saturated rings. The molecule has 0 amide bonds. The predicted octanol–water partition coefficient (Wildman–Crippen LogP) is 3.58. The van der Waals surface area contributed by atoms with Crippen LogP contribution >= 0.6 is 27.3 Å². The van der Waals surface area contributed by atoms with Gasteiger partial charge in [0.1, 0.15) is 0 Å². The summed E-state index contributed by atoms with van der Waals surface area (Å²) in [7, 11) is 0. The van der Waals surface area contributed by atoms with Crippen molar-refractivity contribution in [1.29, 1.82) is 0 Å². The number of anilines is 1. The lowest BCUT2D eigenvalue weighted by Gasteiger charge is -2.07. The van der Waals surface area contributed by atoms with Gasteiger partial charge in [0.25, 0.3) is 0 Å². The third-order valence-corrected chi connectivity index (χ3v) is 3.88. The Bertz CT molecular complexity index is 450. The van der Waals surface area contributed by atoms with E-state index in [0.29, 0.717) is 0 Å². The van der Waals surface area contributed by atoms with Crippen molar-refractivity contribution in [2.24, 2.45) is 0 Å². The molecular formula is C11H14BrN3S. The molecule has 3 nitrogen and oxygen atoms in total. The van der Waals surface area contributed by atoms with Crippen molar-refractivity contribution < 1.29 is 0 Å². The van der Waals surface area contributed by atoms with Crippen molar-refractivity contribution in [2.75, 3.05) is 11.9 Å². The fourth-order valence-electron chi connectivity index (χ4n) is 1.45. The molecule has 5 heteroatoms. The third kappa shape index (κ3) is 2.86. The largest absolute Gasteiger partial charge is 0.356 e. The van der Waals surface area contributed by atoms with Crippen molar-refractivity contribution in [3.05, 3.63) is 33.2 Å². The van der Waals surface area contributed by atoms with E-state index in [1.165, 1.54) is 4.88 Å². The van der Waals surface area contributed by atoms with Crippen molar-refractivity contribution >= 4 is 33.2 Å². The van der Waals surface area contributed by atoms with Gasteiger partial charge in [-0.15, -0.1) is 11.3 Å². The van der Waals surface area contributed by atoms with E-state index in [2.05, 4.69) is 49.2 Å². The fraction of sp³-hybridized carbons (Fsp3) is 0.364. The minimum absolute atomic E-state index is 0.877. The van der Waals surface area contributed by atoms with Gasteiger partial charge in [0.2, 0.25) is 5.95 Å². The fourth-order valence-corrected chi connectivity index (χ4v) is 2.89. The van der Waals surface area contributed by atoms with E-state index in [1.54, 1.807) is 11.3 Å². The number of hydrogen-bond acceptors (Lipinski definition) is 3. The maximum absolute atomic E-state index is 4.30. The van der Waals surface area contributed by atoms with Crippen molar-refractivity contribution in [2.45, 2.75) is 19.9 Å². The molecule has 0 aromatic carbocycles. The quantitative estimate of drug-likeness (QED) is 0.914. The molecule has 0 unspecified atom stereocenters. The van der Waals surface area contributed by atoms with Crippen molar-refractivity contribution in [3.63, 3.8) is 0 Å². The second-order valence-electron chi connectivity index (χ2n) is 3.54. The Labute approximate surface area is 108 Å². The molecule has 86 valence electrons. The van der Waals surface area contributed by atoms with Crippen LogP contribution in [0.1, 0.15) is 18.2 Å². The molecule has 0 aliphatic rings. The zero-order valence-electron chi connectivity index (χ0n) is 9.11. The minimum Gasteiger partial charge on any atom is -0.356 e. The second kappa shape index (κ2) is 5.50. The van der Waals surface area contributed by atoms with Gasteiger partial charge in [-0.05, 0) is 28.4 Å². The first-order chi connectivity index (χ1) is 7.79. The first-order valence-electron chi connectivity index (χ1n) is 5.27. The number of halogens is 1. The van der Waals surface area contributed by atoms with Gasteiger partial charge in [-0.25, -0.2) is 4.98 Å². The Morgan fingerprint density at radius 2 is 2.44 bits per heavy atom. The van der Waals surface area contributed by atoms with Gasteiger partial charge in [0.05, 0.1) is 6.54 Å². The number of nitrogens with zero attached hydrogens (tertiary/aromatic N) is 2. The lowest BCUT2D eigenvalue weighted by atomic mass is 10.4. The van der Waals surface area contributed by atoms with Crippen LogP contribution in [0.2, 0.25) is 0 Å². The number of nitrogens with one attached hydrogen (secondary N) is 1. The summed E-state index contributed by atoms with van der Waals surface area (Å²) in [6.45, 7) is 3.99. The molecule has 0 aliphatic heterocycles. The average Bonchev–Trinajstić information content (AvgIpc) is 2.86. The summed E-state index contributed by atoms with van der Waals surface area (Å²) < 4.78 is 3.28. The molecule has 2 aromatic heterocycles. The van der Waals surface area contributed by atoms with E-state index in [-0.39, 0.29) is 0 Å². The third-order valence-electron chi connectivity index (χ3n) is 2.20. The number of imidazole rings is 1. The lowest BCUT2D eigenvalue weighted by Crippen LogP contribution is -2.08. The standard InChI is InChI=1S/C11H14BrN3S/c1-2-3-13-11-14-4-5-15(11)7-10-6-9(12)8-16-10/h4-6,8H,2-3,7H2,1H3,(H,13,14). The average molecular weight is 300 g/mol. The number of aromatic nitrogens is 2. The van der Waals surface area contributed by atoms with Crippen LogP contribution in [0, 0.1) is 0 Å². The summed E-state index contributed by atoms with van der Waals surface area (Å²) in [5.41, 5.74) is 0. The number of hydrogen-bond donors (Lipinski definition) is 1. The molecule has 0 saturated heterocycles. The molecule has 0 radical (unpaired) electrons. The topological polar surface area (TPSA) is 29.9 Å². The Balaban J connectivity index is 2.06. The summed E-state index contributed by atoms with van der Waals surface area (Å²) in [5.74, 6) is 0.950. The van der Waals surface area contributed by atoms with E-state index in [4.69, 9.17) is 0 Å². The zero-order chi connectivity index (χ0) is 11.4. The summed E-state index contributed by atoms with van der Waals surface area (Å²) in [5, 5.41) is 5.42. The van der Waals surface area contributed by atoms with Crippen LogP contribution in [-0.4, -0.2) is 16.1 Å². The molecule has 0 aliphatic carbocycles. The van der Waals surface area contributed by atoms with Crippen molar-refractivity contribution in [1.82, 2.24) is 9.55 Å². The maximum Gasteiger partial charge on any atom is 0.203 e. The van der Waals surface area contributed by atoms with Crippen LogP contribution in [0.3, 0.4) is 0 Å². The van der Waals surface area contributed by atoms with Crippen LogP contribution < -0.4 is 5.32 Å². The Morgan fingerprint density at radius 1 is 1.56 bits per heavy atom. The predicted molar refractivity (Wildman–Crippen MR) is 72.1 cm³/mol. The highest BCUT2D eigenvalue weighted by Crippen LogP contribution is 2.21. The SMILES string of the molecule is CCCNc1nccn1Cc1cc(Br)cs1. The van der Waals surface area contributed by atoms with Gasteiger partial charge in [0.15, 0.2) is 0 Å². The minimum atomic E-state index is 0.877. The molecule has 0 saturated carbocycles. The van der Waals surface area contributed by atoms with E-state index in [0.717, 1.165) is 29.9 Å². The molecule has 1 N–H and O–H groups in total. The van der Waals surface area contributed by atoms with E-state index in [9.17, 15) is 0 Å². The van der Waals surface area contributed by atoms with Gasteiger partial charge in [-0.2, -0.15) is 0 Å². The summed E-state index contributed by atoms with van der Waals surface area (Å²) >= 11 is 5.22. The molecule has 0 bridgehead atoms. The maximum atomic E-state index is 4.30. The lowest BCUT2D eigenvalue weighted by molar-refractivity contribution is 0.803. The monoisotopic (exact) mass is 299 g/mol. The first kappa shape index (κ1) is 11.7. The summed E-state index contributed by atoms with van der Waals surface area (Å²) in [4.78, 5) is 5.62. The smallest absolute Gasteiger partial charge is 0.203 e. The molecule has 0 spiro atoms. The van der Waals surface area contributed by atoms with Crippen LogP contribution in [0.25, 0.3) is 0 Å². The second-order valence-corrected chi connectivity index (χ2v) is 5.45. The Kier molecular flexibility index (Phi) is 4.01. The molecular weight excluding hydrogens is 286 g/mol. The molecule has 2 rings (SSSR count). The van der Waals surface area contributed by atoms with E-state index >= 15 is 0 Å². The van der Waals surface area contributed by atoms with E-state index in [1.807, 2.05) is 12.4 Å². The van der Waals surface area contributed by atoms with Gasteiger partial charge in [-0.1, -0.05) is 6.92 Å². The van der Waals surface area contributed by atoms with Gasteiger partial charge < -0.3 is 9.88 Å². The Morgan fingerprint density at radius 3 is 3.12 bits per heavy atom. The molecule has 0 atom stereocenters. The number of rotatable bonds is 5. The molecule has 2 heterocycles. The highest BCUT2D eigenvalue weighted by Gasteiger charge is 2.04. The summed E-state index contributed by atoms with van der Waals surface area (Å²) in [6, 6.07) is 2.15. The van der Waals surface area contributed by atoms with Gasteiger partial charge in [-0.3, -0.25) is 0 Å². The van der Waals surface area contributed by atoms with Crippen LogP contribution in [0.15, 0.2) is 28.3 Å². The van der Waals surface area contributed by atoms with Crippen LogP contribution in [0.5, 0.6) is 0 Å².